The normalized spacial score (nSPS) is 10.5. The highest BCUT2D eigenvalue weighted by molar-refractivity contribution is 7.98. The molecule has 0 atom stereocenters. The third-order valence-electron chi connectivity index (χ3n) is 3.78. The molecule has 1 heterocycles. The predicted octanol–water partition coefficient (Wildman–Crippen LogP) is 2.66. The van der Waals surface area contributed by atoms with Crippen molar-refractivity contribution in [1.29, 1.82) is 0 Å². The van der Waals surface area contributed by atoms with E-state index in [0.717, 1.165) is 5.56 Å². The molecule has 0 bridgehead atoms. The third-order valence-corrected chi connectivity index (χ3v) is 4.77. The highest BCUT2D eigenvalue weighted by Gasteiger charge is 2.16. The fourth-order valence-corrected chi connectivity index (χ4v) is 3.24. The van der Waals surface area contributed by atoms with Gasteiger partial charge in [0.2, 0.25) is 5.16 Å². The summed E-state index contributed by atoms with van der Waals surface area (Å²) in [5, 5.41) is 23.3. The van der Waals surface area contributed by atoms with Gasteiger partial charge in [0.05, 0.1) is 30.4 Å². The summed E-state index contributed by atoms with van der Waals surface area (Å²) < 4.78 is 11.2. The Labute approximate surface area is 163 Å². The highest BCUT2D eigenvalue weighted by atomic mass is 32.2. The molecule has 144 valence electrons. The largest absolute Gasteiger partial charge is 0.490 e. The molecule has 0 spiro atoms. The Kier molecular flexibility index (Phi) is 5.84. The van der Waals surface area contributed by atoms with Crippen molar-refractivity contribution < 1.29 is 19.2 Å². The van der Waals surface area contributed by atoms with Crippen LogP contribution in [0, 0.1) is 10.1 Å². The molecule has 1 aromatic heterocycles. The molecule has 10 nitrogen and oxygen atoms in total. The van der Waals surface area contributed by atoms with Crippen LogP contribution in [-0.4, -0.2) is 45.3 Å². The zero-order valence-electron chi connectivity index (χ0n) is 14.9. The molecule has 0 saturated heterocycles. The number of methoxy groups -OCH3 is 2. The zero-order chi connectivity index (χ0) is 20.1. The molecule has 3 aromatic rings. The fourth-order valence-electron chi connectivity index (χ4n) is 2.40. The topological polar surface area (TPSA) is 122 Å². The first kappa shape index (κ1) is 19.3. The van der Waals surface area contributed by atoms with Crippen LogP contribution >= 0.6 is 11.8 Å². The summed E-state index contributed by atoms with van der Waals surface area (Å²) in [5.74, 6) is 0.194. The van der Waals surface area contributed by atoms with E-state index in [9.17, 15) is 14.9 Å². The Morgan fingerprint density at radius 3 is 2.61 bits per heavy atom. The van der Waals surface area contributed by atoms with Crippen LogP contribution in [0.3, 0.4) is 0 Å². The Morgan fingerprint density at radius 1 is 1.21 bits per heavy atom. The number of tetrazole rings is 1. The molecular formula is C17H15N5O5S. The Balaban J connectivity index is 1.77. The molecule has 0 fully saturated rings. The molecule has 0 unspecified atom stereocenters. The molecule has 0 aliphatic rings. The second-order valence-electron chi connectivity index (χ2n) is 5.46. The standard InChI is InChI=1S/C17H15N5O5S/c1-26-15-8-3-11(9-14(15)22(24)25)10-28-17-18-19-20-21(17)13-6-4-12(5-7-13)16(23)27-2/h3-9H,10H2,1-2H3. The number of nitrogens with zero attached hydrogens (tertiary/aromatic N) is 5. The number of aromatic nitrogens is 4. The van der Waals surface area contributed by atoms with Gasteiger partial charge in [-0.25, -0.2) is 4.79 Å². The molecule has 0 amide bonds. The number of benzene rings is 2. The fraction of sp³-hybridized carbons (Fsp3) is 0.176. The Hall–Kier alpha value is -3.47. The van der Waals surface area contributed by atoms with Gasteiger partial charge < -0.3 is 9.47 Å². The van der Waals surface area contributed by atoms with Gasteiger partial charge in [-0.15, -0.1) is 5.10 Å². The van der Waals surface area contributed by atoms with Gasteiger partial charge >= 0.3 is 11.7 Å². The molecule has 0 aliphatic carbocycles. The van der Waals surface area contributed by atoms with E-state index in [2.05, 4.69) is 20.3 Å². The lowest BCUT2D eigenvalue weighted by molar-refractivity contribution is -0.385. The first-order valence-electron chi connectivity index (χ1n) is 7.94. The lowest BCUT2D eigenvalue weighted by atomic mass is 10.2. The van der Waals surface area contributed by atoms with E-state index in [1.54, 1.807) is 36.4 Å². The summed E-state index contributed by atoms with van der Waals surface area (Å²) >= 11 is 1.32. The molecular weight excluding hydrogens is 386 g/mol. The van der Waals surface area contributed by atoms with Gasteiger partial charge in [-0.1, -0.05) is 17.8 Å². The van der Waals surface area contributed by atoms with Crippen LogP contribution in [0.5, 0.6) is 5.75 Å². The molecule has 3 rings (SSSR count). The first-order chi connectivity index (χ1) is 13.5. The predicted molar refractivity (Wildman–Crippen MR) is 99.7 cm³/mol. The van der Waals surface area contributed by atoms with E-state index < -0.39 is 10.9 Å². The van der Waals surface area contributed by atoms with Crippen LogP contribution in [0.1, 0.15) is 15.9 Å². The Morgan fingerprint density at radius 2 is 1.96 bits per heavy atom. The first-order valence-corrected chi connectivity index (χ1v) is 8.93. The van der Waals surface area contributed by atoms with Crippen molar-refractivity contribution >= 4 is 23.4 Å². The van der Waals surface area contributed by atoms with Crippen molar-refractivity contribution in [3.8, 4) is 11.4 Å². The van der Waals surface area contributed by atoms with E-state index >= 15 is 0 Å². The number of carbonyl (C=O) groups excluding carboxylic acids is 1. The minimum absolute atomic E-state index is 0.0985. The van der Waals surface area contributed by atoms with Gasteiger partial charge in [0.25, 0.3) is 0 Å². The van der Waals surface area contributed by atoms with Crippen LogP contribution in [-0.2, 0) is 10.5 Å². The number of carbonyl (C=O) groups is 1. The second-order valence-corrected chi connectivity index (χ2v) is 6.41. The maximum Gasteiger partial charge on any atom is 0.337 e. The maximum atomic E-state index is 11.5. The second kappa shape index (κ2) is 8.48. The van der Waals surface area contributed by atoms with Gasteiger partial charge in [0.15, 0.2) is 5.75 Å². The summed E-state index contributed by atoms with van der Waals surface area (Å²) in [5.41, 5.74) is 1.71. The molecule has 11 heteroatoms. The average molecular weight is 401 g/mol. The summed E-state index contributed by atoms with van der Waals surface area (Å²) in [6, 6.07) is 11.4. The van der Waals surface area contributed by atoms with Crippen LogP contribution in [0.15, 0.2) is 47.6 Å². The van der Waals surface area contributed by atoms with Gasteiger partial charge in [-0.2, -0.15) is 4.68 Å². The summed E-state index contributed by atoms with van der Waals surface area (Å²) in [4.78, 5) is 22.2. The number of nitro benzene ring substituents is 1. The van der Waals surface area contributed by atoms with Crippen LogP contribution < -0.4 is 4.74 Å². The number of thioether (sulfide) groups is 1. The van der Waals surface area contributed by atoms with Crippen LogP contribution in [0.25, 0.3) is 5.69 Å². The zero-order valence-corrected chi connectivity index (χ0v) is 15.8. The van der Waals surface area contributed by atoms with Crippen molar-refractivity contribution in [3.63, 3.8) is 0 Å². The van der Waals surface area contributed by atoms with Gasteiger partial charge in [-0.05, 0) is 46.3 Å². The SMILES string of the molecule is COC(=O)c1ccc(-n2nnnc2SCc2ccc(OC)c([N+](=O)[O-])c2)cc1. The molecule has 0 saturated carbocycles. The van der Waals surface area contributed by atoms with Gasteiger partial charge in [-0.3, -0.25) is 10.1 Å². The molecule has 0 N–H and O–H groups in total. The number of ether oxygens (including phenoxy) is 2. The monoisotopic (exact) mass is 401 g/mol. The number of rotatable bonds is 7. The number of hydrogen-bond acceptors (Lipinski definition) is 9. The van der Waals surface area contributed by atoms with Gasteiger partial charge in [0, 0.05) is 11.8 Å². The van der Waals surface area contributed by atoms with Crippen molar-refractivity contribution in [1.82, 2.24) is 20.2 Å². The number of esters is 1. The summed E-state index contributed by atoms with van der Waals surface area (Å²) in [6.45, 7) is 0. The molecule has 0 radical (unpaired) electrons. The minimum atomic E-state index is -0.486. The van der Waals surface area contributed by atoms with E-state index in [-0.39, 0.29) is 11.4 Å². The van der Waals surface area contributed by atoms with Crippen molar-refractivity contribution in [3.05, 3.63) is 63.7 Å². The molecule has 28 heavy (non-hydrogen) atoms. The van der Waals surface area contributed by atoms with Gasteiger partial charge in [0.1, 0.15) is 0 Å². The third kappa shape index (κ3) is 4.09. The highest BCUT2D eigenvalue weighted by Crippen LogP contribution is 2.30. The molecule has 2 aromatic carbocycles. The number of nitro groups is 1. The van der Waals surface area contributed by atoms with Crippen molar-refractivity contribution in [2.24, 2.45) is 0 Å². The lowest BCUT2D eigenvalue weighted by Crippen LogP contribution is -2.03. The van der Waals surface area contributed by atoms with Crippen molar-refractivity contribution in [2.45, 2.75) is 10.9 Å². The minimum Gasteiger partial charge on any atom is -0.490 e. The summed E-state index contributed by atoms with van der Waals surface area (Å²) in [6.07, 6.45) is 0. The van der Waals surface area contributed by atoms with E-state index in [4.69, 9.17) is 4.74 Å². The van der Waals surface area contributed by atoms with Crippen LogP contribution in [0.4, 0.5) is 5.69 Å². The Bertz CT molecular complexity index is 1010. The van der Waals surface area contributed by atoms with E-state index in [1.807, 2.05) is 0 Å². The van der Waals surface area contributed by atoms with E-state index in [0.29, 0.717) is 22.2 Å². The quantitative estimate of drug-likeness (QED) is 0.254. The van der Waals surface area contributed by atoms with E-state index in [1.165, 1.54) is 36.7 Å². The maximum absolute atomic E-state index is 11.5. The molecule has 0 aliphatic heterocycles. The van der Waals surface area contributed by atoms with Crippen molar-refractivity contribution in [2.75, 3.05) is 14.2 Å². The summed E-state index contributed by atoms with van der Waals surface area (Å²) in [7, 11) is 2.70. The number of hydrogen-bond donors (Lipinski definition) is 0. The van der Waals surface area contributed by atoms with Crippen LogP contribution in [0.2, 0.25) is 0 Å². The smallest absolute Gasteiger partial charge is 0.337 e. The average Bonchev–Trinajstić information content (AvgIpc) is 3.20. The lowest BCUT2D eigenvalue weighted by Gasteiger charge is -2.06.